The summed E-state index contributed by atoms with van der Waals surface area (Å²) in [6.07, 6.45) is 0.189. The summed E-state index contributed by atoms with van der Waals surface area (Å²) >= 11 is 5.91. The lowest BCUT2D eigenvalue weighted by Crippen LogP contribution is -2.17. The Balaban J connectivity index is 0.00000256. The molecule has 5 heteroatoms. The first-order chi connectivity index (χ1) is 7.54. The number of nitrogens with two attached hydrogens (primary N) is 1. The highest BCUT2D eigenvalue weighted by Crippen LogP contribution is 2.21. The molecule has 1 atom stereocenters. The van der Waals surface area contributed by atoms with Gasteiger partial charge >= 0.3 is 5.97 Å². The number of hydrogen-bond acceptors (Lipinski definition) is 3. The van der Waals surface area contributed by atoms with E-state index in [0.29, 0.717) is 11.6 Å². The van der Waals surface area contributed by atoms with Gasteiger partial charge in [0.25, 0.3) is 0 Å². The molecule has 17 heavy (non-hydrogen) atoms. The summed E-state index contributed by atoms with van der Waals surface area (Å²) < 4.78 is 4.84. The topological polar surface area (TPSA) is 52.3 Å². The fraction of sp³-hybridized carbons (Fsp3) is 0.417. The van der Waals surface area contributed by atoms with Crippen molar-refractivity contribution < 1.29 is 9.53 Å². The van der Waals surface area contributed by atoms with Gasteiger partial charge in [-0.15, -0.1) is 12.4 Å². The molecule has 1 aromatic rings. The molecule has 0 bridgehead atoms. The Morgan fingerprint density at radius 2 is 2.18 bits per heavy atom. The zero-order chi connectivity index (χ0) is 12.1. The lowest BCUT2D eigenvalue weighted by Gasteiger charge is -2.12. The van der Waals surface area contributed by atoms with Crippen LogP contribution in [-0.4, -0.2) is 12.6 Å². The number of benzene rings is 1. The molecule has 0 aromatic heterocycles. The molecule has 1 aromatic carbocycles. The van der Waals surface area contributed by atoms with Gasteiger partial charge in [0.1, 0.15) is 0 Å². The van der Waals surface area contributed by atoms with Crippen LogP contribution in [0.1, 0.15) is 30.5 Å². The summed E-state index contributed by atoms with van der Waals surface area (Å²) in [5.41, 5.74) is 7.76. The van der Waals surface area contributed by atoms with Crippen molar-refractivity contribution in [2.24, 2.45) is 5.73 Å². The fourth-order valence-corrected chi connectivity index (χ4v) is 1.53. The second-order valence-corrected chi connectivity index (χ2v) is 4.03. The highest BCUT2D eigenvalue weighted by molar-refractivity contribution is 6.31. The number of rotatable bonds is 4. The van der Waals surface area contributed by atoms with E-state index >= 15 is 0 Å². The van der Waals surface area contributed by atoms with Gasteiger partial charge in [-0.3, -0.25) is 4.79 Å². The molecule has 0 amide bonds. The van der Waals surface area contributed by atoms with Gasteiger partial charge < -0.3 is 10.5 Å². The zero-order valence-electron chi connectivity index (χ0n) is 9.90. The van der Waals surface area contributed by atoms with E-state index in [9.17, 15) is 4.79 Å². The van der Waals surface area contributed by atoms with Crippen molar-refractivity contribution in [2.75, 3.05) is 6.61 Å². The van der Waals surface area contributed by atoms with Gasteiger partial charge in [0.15, 0.2) is 0 Å². The van der Waals surface area contributed by atoms with E-state index in [1.807, 2.05) is 19.1 Å². The Morgan fingerprint density at radius 1 is 1.53 bits per heavy atom. The summed E-state index contributed by atoms with van der Waals surface area (Å²) in [6, 6.07) is 5.18. The van der Waals surface area contributed by atoms with E-state index in [0.717, 1.165) is 11.1 Å². The number of carbonyl (C=O) groups excluding carboxylic acids is 1. The lowest BCUT2D eigenvalue weighted by atomic mass is 10.0. The first kappa shape index (κ1) is 16.2. The maximum absolute atomic E-state index is 11.3. The normalized spacial score (nSPS) is 11.5. The predicted octanol–water partition coefficient (Wildman–Crippen LogP) is 3.02. The summed E-state index contributed by atoms with van der Waals surface area (Å²) in [6.45, 7) is 4.06. The summed E-state index contributed by atoms with van der Waals surface area (Å²) in [5, 5.41) is 0.701. The average molecular weight is 278 g/mol. The van der Waals surface area contributed by atoms with Crippen LogP contribution in [0.4, 0.5) is 0 Å². The van der Waals surface area contributed by atoms with Crippen molar-refractivity contribution in [1.82, 2.24) is 0 Å². The largest absolute Gasteiger partial charge is 0.466 e. The van der Waals surface area contributed by atoms with Gasteiger partial charge in [-0.1, -0.05) is 23.7 Å². The third-order valence-electron chi connectivity index (χ3n) is 2.30. The minimum atomic E-state index is -0.338. The molecule has 0 aliphatic carbocycles. The highest BCUT2D eigenvalue weighted by Gasteiger charge is 2.12. The van der Waals surface area contributed by atoms with E-state index in [1.165, 1.54) is 0 Å². The minimum absolute atomic E-state index is 0. The Kier molecular flexibility index (Phi) is 7.19. The molecule has 3 nitrogen and oxygen atoms in total. The minimum Gasteiger partial charge on any atom is -0.466 e. The van der Waals surface area contributed by atoms with Gasteiger partial charge in [-0.2, -0.15) is 0 Å². The van der Waals surface area contributed by atoms with Crippen LogP contribution in [0.15, 0.2) is 18.2 Å². The summed E-state index contributed by atoms with van der Waals surface area (Å²) in [4.78, 5) is 11.3. The molecular weight excluding hydrogens is 261 g/mol. The molecule has 0 unspecified atom stereocenters. The summed E-state index contributed by atoms with van der Waals surface area (Å²) in [7, 11) is 0. The predicted molar refractivity (Wildman–Crippen MR) is 71.6 cm³/mol. The molecule has 1 rings (SSSR count). The van der Waals surface area contributed by atoms with Crippen LogP contribution in [-0.2, 0) is 9.53 Å². The monoisotopic (exact) mass is 277 g/mol. The van der Waals surface area contributed by atoms with Crippen molar-refractivity contribution in [3.05, 3.63) is 34.3 Å². The molecule has 96 valence electrons. The van der Waals surface area contributed by atoms with E-state index in [4.69, 9.17) is 22.1 Å². The van der Waals surface area contributed by atoms with E-state index in [2.05, 4.69) is 0 Å². The third kappa shape index (κ3) is 4.94. The number of ether oxygens (including phenoxy) is 1. The van der Waals surface area contributed by atoms with Gasteiger partial charge in [0.05, 0.1) is 13.0 Å². The van der Waals surface area contributed by atoms with Gasteiger partial charge in [0, 0.05) is 11.1 Å². The molecule has 2 N–H and O–H groups in total. The Hall–Kier alpha value is -0.770. The Morgan fingerprint density at radius 3 is 2.71 bits per heavy atom. The zero-order valence-corrected chi connectivity index (χ0v) is 11.5. The number of esters is 1. The van der Waals surface area contributed by atoms with Crippen LogP contribution in [0.25, 0.3) is 0 Å². The Labute approximate surface area is 113 Å². The van der Waals surface area contributed by atoms with Crippen LogP contribution < -0.4 is 5.73 Å². The first-order valence-corrected chi connectivity index (χ1v) is 5.59. The van der Waals surface area contributed by atoms with Crippen molar-refractivity contribution in [3.8, 4) is 0 Å². The van der Waals surface area contributed by atoms with Crippen LogP contribution in [0.3, 0.4) is 0 Å². The number of hydrogen-bond donors (Lipinski definition) is 1. The molecule has 0 radical (unpaired) electrons. The van der Waals surface area contributed by atoms with Crippen molar-refractivity contribution >= 4 is 30.0 Å². The molecule has 0 aliphatic heterocycles. The van der Waals surface area contributed by atoms with Crippen molar-refractivity contribution in [2.45, 2.75) is 26.3 Å². The van der Waals surface area contributed by atoms with Gasteiger partial charge in [0.2, 0.25) is 0 Å². The molecule has 0 saturated carbocycles. The number of aryl methyl sites for hydroxylation is 1. The van der Waals surface area contributed by atoms with E-state index in [1.54, 1.807) is 13.0 Å². The second kappa shape index (κ2) is 7.54. The second-order valence-electron chi connectivity index (χ2n) is 3.62. The molecule has 0 fully saturated rings. The quantitative estimate of drug-likeness (QED) is 0.861. The van der Waals surface area contributed by atoms with Crippen LogP contribution in [0.2, 0.25) is 5.02 Å². The van der Waals surface area contributed by atoms with E-state index in [-0.39, 0.29) is 30.8 Å². The first-order valence-electron chi connectivity index (χ1n) is 5.21. The van der Waals surface area contributed by atoms with Gasteiger partial charge in [-0.25, -0.2) is 0 Å². The molecule has 0 saturated heterocycles. The molecular formula is C12H17Cl2NO2. The van der Waals surface area contributed by atoms with Crippen molar-refractivity contribution in [1.29, 1.82) is 0 Å². The highest BCUT2D eigenvalue weighted by atomic mass is 35.5. The molecule has 0 spiro atoms. The van der Waals surface area contributed by atoms with Crippen molar-refractivity contribution in [3.63, 3.8) is 0 Å². The number of halogens is 2. The third-order valence-corrected chi connectivity index (χ3v) is 2.73. The Bertz CT molecular complexity index is 383. The SMILES string of the molecule is CCOC(=O)C[C@H](N)c1ccc(Cl)c(C)c1.Cl. The maximum atomic E-state index is 11.3. The van der Waals surface area contributed by atoms with Crippen LogP contribution >= 0.6 is 24.0 Å². The van der Waals surface area contributed by atoms with Gasteiger partial charge in [-0.05, 0) is 31.0 Å². The maximum Gasteiger partial charge on any atom is 0.307 e. The average Bonchev–Trinajstić information content (AvgIpc) is 2.22. The van der Waals surface area contributed by atoms with Crippen LogP contribution in [0, 0.1) is 6.92 Å². The fourth-order valence-electron chi connectivity index (χ4n) is 1.42. The van der Waals surface area contributed by atoms with Crippen LogP contribution in [0.5, 0.6) is 0 Å². The summed E-state index contributed by atoms with van der Waals surface area (Å²) in [5.74, 6) is -0.275. The lowest BCUT2D eigenvalue weighted by molar-refractivity contribution is -0.143. The smallest absolute Gasteiger partial charge is 0.307 e. The number of carbonyl (C=O) groups is 1. The van der Waals surface area contributed by atoms with E-state index < -0.39 is 0 Å². The standard InChI is InChI=1S/C12H16ClNO2.ClH/c1-3-16-12(15)7-11(14)9-4-5-10(13)8(2)6-9;/h4-6,11H,3,7,14H2,1-2H3;1H/t11-;/m0./s1. The molecule has 0 aliphatic rings. The molecule has 0 heterocycles.